The van der Waals surface area contributed by atoms with Crippen molar-refractivity contribution in [3.63, 3.8) is 0 Å². The maximum Gasteiger partial charge on any atom is 0.0587 e. The van der Waals surface area contributed by atoms with Crippen LogP contribution in [0, 0.1) is 6.92 Å². The molecule has 1 aromatic heterocycles. The minimum absolute atomic E-state index is 0.176. The SMILES string of the molecule is Cc1ccsc1C(C)(C)CNCNN. The first-order chi connectivity index (χ1) is 6.58. The molecule has 0 bridgehead atoms. The van der Waals surface area contributed by atoms with Gasteiger partial charge in [0.15, 0.2) is 0 Å². The molecule has 0 aliphatic rings. The normalized spacial score (nSPS) is 12.0. The third-order valence-corrected chi connectivity index (χ3v) is 3.65. The molecule has 0 amide bonds. The molecule has 4 N–H and O–H groups in total. The van der Waals surface area contributed by atoms with Crippen LogP contribution in [0.1, 0.15) is 24.3 Å². The molecule has 0 atom stereocenters. The van der Waals surface area contributed by atoms with Crippen molar-refractivity contribution in [2.45, 2.75) is 26.2 Å². The molecule has 0 aromatic carbocycles. The number of nitrogens with one attached hydrogen (secondary N) is 2. The molecule has 0 spiro atoms. The zero-order valence-corrected chi connectivity index (χ0v) is 9.87. The molecule has 14 heavy (non-hydrogen) atoms. The first-order valence-electron chi connectivity index (χ1n) is 4.76. The highest BCUT2D eigenvalue weighted by Crippen LogP contribution is 2.30. The van der Waals surface area contributed by atoms with E-state index in [0.29, 0.717) is 6.67 Å². The predicted octanol–water partition coefficient (Wildman–Crippen LogP) is 1.34. The lowest BCUT2D eigenvalue weighted by Gasteiger charge is -2.24. The van der Waals surface area contributed by atoms with Gasteiger partial charge in [0.05, 0.1) is 6.67 Å². The average Bonchev–Trinajstić information content (AvgIpc) is 2.52. The largest absolute Gasteiger partial charge is 0.303 e. The lowest BCUT2D eigenvalue weighted by atomic mass is 9.89. The summed E-state index contributed by atoms with van der Waals surface area (Å²) in [5.74, 6) is 5.20. The first kappa shape index (κ1) is 11.7. The van der Waals surface area contributed by atoms with Crippen molar-refractivity contribution < 1.29 is 0 Å². The van der Waals surface area contributed by atoms with Crippen LogP contribution in [0.2, 0.25) is 0 Å². The monoisotopic (exact) mass is 213 g/mol. The number of thiophene rings is 1. The summed E-state index contributed by atoms with van der Waals surface area (Å²) in [6.45, 7) is 8.23. The van der Waals surface area contributed by atoms with Gasteiger partial charge in [-0.2, -0.15) is 0 Å². The Balaban J connectivity index is 2.61. The Morgan fingerprint density at radius 1 is 1.50 bits per heavy atom. The number of aryl methyl sites for hydroxylation is 1. The summed E-state index contributed by atoms with van der Waals surface area (Å²) in [4.78, 5) is 1.45. The Hall–Kier alpha value is -0.420. The second kappa shape index (κ2) is 4.89. The van der Waals surface area contributed by atoms with Crippen LogP contribution in [-0.2, 0) is 5.41 Å². The molecular weight excluding hydrogens is 194 g/mol. The summed E-state index contributed by atoms with van der Waals surface area (Å²) in [6.07, 6.45) is 0. The second-order valence-corrected chi connectivity index (χ2v) is 5.04. The Labute approximate surface area is 89.7 Å². The summed E-state index contributed by atoms with van der Waals surface area (Å²) in [6, 6.07) is 2.17. The van der Waals surface area contributed by atoms with E-state index in [-0.39, 0.29) is 5.41 Å². The molecule has 3 nitrogen and oxygen atoms in total. The van der Waals surface area contributed by atoms with Crippen LogP contribution in [0.15, 0.2) is 11.4 Å². The highest BCUT2D eigenvalue weighted by Gasteiger charge is 2.22. The minimum atomic E-state index is 0.176. The average molecular weight is 213 g/mol. The lowest BCUT2D eigenvalue weighted by molar-refractivity contribution is 0.460. The van der Waals surface area contributed by atoms with Gasteiger partial charge < -0.3 is 5.32 Å². The zero-order valence-electron chi connectivity index (χ0n) is 9.05. The fraction of sp³-hybridized carbons (Fsp3) is 0.600. The van der Waals surface area contributed by atoms with Gasteiger partial charge in [-0.1, -0.05) is 13.8 Å². The number of hydrogen-bond acceptors (Lipinski definition) is 4. The number of hydrogen-bond donors (Lipinski definition) is 3. The van der Waals surface area contributed by atoms with Crippen molar-refractivity contribution in [2.75, 3.05) is 13.2 Å². The van der Waals surface area contributed by atoms with Crippen molar-refractivity contribution in [3.05, 3.63) is 21.9 Å². The molecule has 1 aromatic rings. The van der Waals surface area contributed by atoms with E-state index in [1.54, 1.807) is 0 Å². The summed E-state index contributed by atoms with van der Waals surface area (Å²) in [5, 5.41) is 5.41. The van der Waals surface area contributed by atoms with Gasteiger partial charge in [-0.15, -0.1) is 11.3 Å². The molecule has 80 valence electrons. The van der Waals surface area contributed by atoms with E-state index >= 15 is 0 Å². The molecule has 0 saturated carbocycles. The molecule has 0 fully saturated rings. The highest BCUT2D eigenvalue weighted by atomic mass is 32.1. The van der Waals surface area contributed by atoms with Crippen molar-refractivity contribution >= 4 is 11.3 Å². The van der Waals surface area contributed by atoms with Gasteiger partial charge in [0.1, 0.15) is 0 Å². The van der Waals surface area contributed by atoms with Crippen LogP contribution in [0.5, 0.6) is 0 Å². The molecular formula is C10H19N3S. The molecule has 4 heteroatoms. The summed E-state index contributed by atoms with van der Waals surface area (Å²) in [7, 11) is 0. The molecule has 0 aliphatic carbocycles. The van der Waals surface area contributed by atoms with Gasteiger partial charge in [0.2, 0.25) is 0 Å². The van der Waals surface area contributed by atoms with E-state index in [1.165, 1.54) is 10.4 Å². The summed E-state index contributed by atoms with van der Waals surface area (Å²) < 4.78 is 0. The maximum absolute atomic E-state index is 5.20. The Kier molecular flexibility index (Phi) is 4.07. The van der Waals surface area contributed by atoms with Crippen molar-refractivity contribution in [2.24, 2.45) is 5.84 Å². The fourth-order valence-electron chi connectivity index (χ4n) is 1.59. The van der Waals surface area contributed by atoms with E-state index < -0.39 is 0 Å². The van der Waals surface area contributed by atoms with Crippen LogP contribution in [-0.4, -0.2) is 13.2 Å². The number of rotatable bonds is 5. The maximum atomic E-state index is 5.20. The van der Waals surface area contributed by atoms with Crippen LogP contribution >= 0.6 is 11.3 Å². The molecule has 0 radical (unpaired) electrons. The van der Waals surface area contributed by atoms with E-state index in [2.05, 4.69) is 43.0 Å². The van der Waals surface area contributed by atoms with E-state index in [1.807, 2.05) is 11.3 Å². The molecule has 0 unspecified atom stereocenters. The van der Waals surface area contributed by atoms with Gasteiger partial charge in [-0.05, 0) is 23.9 Å². The summed E-state index contributed by atoms with van der Waals surface area (Å²) >= 11 is 1.82. The van der Waals surface area contributed by atoms with Gasteiger partial charge in [-0.3, -0.25) is 5.84 Å². The molecule has 1 heterocycles. The third kappa shape index (κ3) is 2.78. The molecule has 1 rings (SSSR count). The van der Waals surface area contributed by atoms with Crippen LogP contribution < -0.4 is 16.6 Å². The van der Waals surface area contributed by atoms with Crippen LogP contribution in [0.3, 0.4) is 0 Å². The Morgan fingerprint density at radius 2 is 2.21 bits per heavy atom. The van der Waals surface area contributed by atoms with Gasteiger partial charge in [-0.25, -0.2) is 5.43 Å². The van der Waals surface area contributed by atoms with Gasteiger partial charge >= 0.3 is 0 Å². The topological polar surface area (TPSA) is 50.1 Å². The quantitative estimate of drug-likeness (QED) is 0.299. The number of hydrazine groups is 1. The predicted molar refractivity (Wildman–Crippen MR) is 62.3 cm³/mol. The molecule has 0 aliphatic heterocycles. The molecule has 0 saturated heterocycles. The van der Waals surface area contributed by atoms with E-state index in [0.717, 1.165) is 6.54 Å². The zero-order chi connectivity index (χ0) is 10.6. The third-order valence-electron chi connectivity index (χ3n) is 2.27. The van der Waals surface area contributed by atoms with Crippen LogP contribution in [0.25, 0.3) is 0 Å². The Bertz CT molecular complexity index is 281. The van der Waals surface area contributed by atoms with E-state index in [4.69, 9.17) is 5.84 Å². The van der Waals surface area contributed by atoms with E-state index in [9.17, 15) is 0 Å². The first-order valence-corrected chi connectivity index (χ1v) is 5.64. The Morgan fingerprint density at radius 3 is 2.71 bits per heavy atom. The van der Waals surface area contributed by atoms with Gasteiger partial charge in [0.25, 0.3) is 0 Å². The van der Waals surface area contributed by atoms with Crippen LogP contribution in [0.4, 0.5) is 0 Å². The second-order valence-electron chi connectivity index (χ2n) is 4.12. The smallest absolute Gasteiger partial charge is 0.0587 e. The number of nitrogens with two attached hydrogens (primary N) is 1. The van der Waals surface area contributed by atoms with Crippen molar-refractivity contribution in [1.82, 2.24) is 10.7 Å². The minimum Gasteiger partial charge on any atom is -0.303 e. The lowest BCUT2D eigenvalue weighted by Crippen LogP contribution is -2.40. The fourth-order valence-corrected chi connectivity index (χ4v) is 2.65. The van der Waals surface area contributed by atoms with Crippen molar-refractivity contribution in [1.29, 1.82) is 0 Å². The highest BCUT2D eigenvalue weighted by molar-refractivity contribution is 7.10. The summed E-state index contributed by atoms with van der Waals surface area (Å²) in [5.41, 5.74) is 4.15. The van der Waals surface area contributed by atoms with Crippen molar-refractivity contribution in [3.8, 4) is 0 Å². The standard InChI is InChI=1S/C10H19N3S/c1-8-4-5-14-9(8)10(2,3)6-12-7-13-11/h4-5,12-13H,6-7,11H2,1-3H3. The van der Waals surface area contributed by atoms with Gasteiger partial charge in [0, 0.05) is 16.8 Å².